The molecule has 10 nitrogen and oxygen atoms in total. The number of hydrogen-bond donors (Lipinski definition) is 3. The van der Waals surface area contributed by atoms with Crippen LogP contribution in [0.2, 0.25) is 0 Å². The highest BCUT2D eigenvalue weighted by Crippen LogP contribution is 2.34. The third-order valence-corrected chi connectivity index (χ3v) is 9.35. The van der Waals surface area contributed by atoms with Gasteiger partial charge in [0.1, 0.15) is 0 Å². The van der Waals surface area contributed by atoms with Crippen LogP contribution in [0.1, 0.15) is 25.7 Å². The van der Waals surface area contributed by atoms with Gasteiger partial charge in [-0.05, 0) is 25.0 Å². The molecule has 192 valence electrons. The molecular formula is C24H32N8O2S2. The fourth-order valence-corrected chi connectivity index (χ4v) is 7.26. The van der Waals surface area contributed by atoms with Gasteiger partial charge in [-0.25, -0.2) is 14.8 Å². The molecule has 3 N–H and O–H groups in total. The Bertz CT molecular complexity index is 1190. The molecule has 12 heteroatoms. The molecule has 2 saturated heterocycles. The van der Waals surface area contributed by atoms with Gasteiger partial charge in [-0.2, -0.15) is 0 Å². The van der Waals surface area contributed by atoms with Crippen molar-refractivity contribution in [2.45, 2.75) is 31.7 Å². The molecule has 1 aliphatic carbocycles. The van der Waals surface area contributed by atoms with Crippen LogP contribution < -0.4 is 16.0 Å². The van der Waals surface area contributed by atoms with Gasteiger partial charge >= 0.3 is 6.03 Å². The highest BCUT2D eigenvalue weighted by molar-refractivity contribution is 7.24. The SMILES string of the molecule is O=C(CNc1nc2cc3nc(NCCN4CCNC4=O)sc3cc2s1)N1CCN(C2CCCC2)CC1. The van der Waals surface area contributed by atoms with E-state index in [0.717, 1.165) is 69.5 Å². The fourth-order valence-electron chi connectivity index (χ4n) is 5.39. The van der Waals surface area contributed by atoms with Crippen LogP contribution in [0.4, 0.5) is 15.1 Å². The minimum absolute atomic E-state index is 0.000387. The monoisotopic (exact) mass is 528 g/mol. The second-order valence-corrected chi connectivity index (χ2v) is 11.7. The van der Waals surface area contributed by atoms with Crippen LogP contribution in [0.3, 0.4) is 0 Å². The summed E-state index contributed by atoms with van der Waals surface area (Å²) in [5.41, 5.74) is 1.79. The van der Waals surface area contributed by atoms with E-state index in [2.05, 4.69) is 26.9 Å². The molecular weight excluding hydrogens is 496 g/mol. The number of benzene rings is 1. The van der Waals surface area contributed by atoms with Crippen molar-refractivity contribution in [3.05, 3.63) is 12.1 Å². The lowest BCUT2D eigenvalue weighted by molar-refractivity contribution is -0.131. The number of anilines is 2. The predicted molar refractivity (Wildman–Crippen MR) is 145 cm³/mol. The Kier molecular flexibility index (Phi) is 6.81. The molecule has 0 spiro atoms. The lowest BCUT2D eigenvalue weighted by Gasteiger charge is -2.38. The van der Waals surface area contributed by atoms with Gasteiger partial charge in [-0.1, -0.05) is 35.5 Å². The highest BCUT2D eigenvalue weighted by atomic mass is 32.1. The molecule has 36 heavy (non-hydrogen) atoms. The first-order chi connectivity index (χ1) is 17.6. The van der Waals surface area contributed by atoms with Crippen LogP contribution in [-0.2, 0) is 4.79 Å². The summed E-state index contributed by atoms with van der Waals surface area (Å²) in [6, 6.07) is 4.86. The van der Waals surface area contributed by atoms with Crippen LogP contribution in [-0.4, -0.2) is 102 Å². The van der Waals surface area contributed by atoms with E-state index in [0.29, 0.717) is 19.6 Å². The lowest BCUT2D eigenvalue weighted by Crippen LogP contribution is -2.52. The fraction of sp³-hybridized carbons (Fsp3) is 0.583. The third kappa shape index (κ3) is 5.07. The number of fused-ring (bicyclic) bond motifs is 2. The predicted octanol–water partition coefficient (Wildman–Crippen LogP) is 2.84. The summed E-state index contributed by atoms with van der Waals surface area (Å²) >= 11 is 3.17. The van der Waals surface area contributed by atoms with Crippen molar-refractivity contribution >= 4 is 65.3 Å². The van der Waals surface area contributed by atoms with Crippen molar-refractivity contribution in [3.8, 4) is 0 Å². The second-order valence-electron chi connectivity index (χ2n) is 9.68. The number of nitrogens with zero attached hydrogens (tertiary/aromatic N) is 5. The zero-order valence-electron chi connectivity index (χ0n) is 20.3. The summed E-state index contributed by atoms with van der Waals surface area (Å²) in [6.45, 7) is 6.69. The Morgan fingerprint density at radius 3 is 2.33 bits per heavy atom. The molecule has 0 bridgehead atoms. The zero-order valence-corrected chi connectivity index (χ0v) is 21.9. The summed E-state index contributed by atoms with van der Waals surface area (Å²) in [7, 11) is 0. The van der Waals surface area contributed by atoms with E-state index < -0.39 is 0 Å². The molecule has 1 aromatic carbocycles. The Labute approximate surface area is 218 Å². The van der Waals surface area contributed by atoms with Crippen LogP contribution in [0.25, 0.3) is 20.4 Å². The van der Waals surface area contributed by atoms with E-state index in [-0.39, 0.29) is 18.5 Å². The number of aromatic nitrogens is 2. The van der Waals surface area contributed by atoms with E-state index in [1.807, 2.05) is 11.0 Å². The molecule has 2 aliphatic heterocycles. The van der Waals surface area contributed by atoms with Gasteiger partial charge < -0.3 is 25.8 Å². The number of carbonyl (C=O) groups excluding carboxylic acids is 2. The Hall–Kier alpha value is -2.70. The first-order valence-corrected chi connectivity index (χ1v) is 14.5. The molecule has 3 aliphatic rings. The van der Waals surface area contributed by atoms with Gasteiger partial charge in [0.05, 0.1) is 27.0 Å². The standard InChI is InChI=1S/C24H32N8O2S2/c33-21(31-11-9-30(10-12-31)16-3-1-2-4-16)15-27-23-29-18-13-17-19(14-20(18)36-23)35-22(28-17)25-5-7-32-8-6-26-24(32)34/h13-14,16H,1-12,15H2,(H,25,28)(H,26,34)(H,27,29). The molecule has 4 heterocycles. The topological polar surface area (TPSA) is 106 Å². The number of piperazine rings is 1. The molecule has 0 unspecified atom stereocenters. The average molecular weight is 529 g/mol. The van der Waals surface area contributed by atoms with Gasteiger partial charge in [0.25, 0.3) is 0 Å². The van der Waals surface area contributed by atoms with Gasteiger partial charge in [-0.3, -0.25) is 9.69 Å². The smallest absolute Gasteiger partial charge is 0.317 e. The Balaban J connectivity index is 1.01. The van der Waals surface area contributed by atoms with Crippen molar-refractivity contribution in [2.24, 2.45) is 0 Å². The van der Waals surface area contributed by atoms with Crippen molar-refractivity contribution in [3.63, 3.8) is 0 Å². The molecule has 1 saturated carbocycles. The van der Waals surface area contributed by atoms with E-state index in [4.69, 9.17) is 9.97 Å². The van der Waals surface area contributed by atoms with Crippen LogP contribution in [0.15, 0.2) is 12.1 Å². The minimum atomic E-state index is 0.000387. The van der Waals surface area contributed by atoms with Gasteiger partial charge in [0.15, 0.2) is 10.3 Å². The number of rotatable bonds is 8. The number of carbonyl (C=O) groups is 2. The minimum Gasteiger partial charge on any atom is -0.360 e. The first-order valence-electron chi connectivity index (χ1n) is 12.9. The van der Waals surface area contributed by atoms with Gasteiger partial charge in [0.2, 0.25) is 5.91 Å². The molecule has 6 rings (SSSR count). The Morgan fingerprint density at radius 2 is 1.67 bits per heavy atom. The molecule has 3 aromatic rings. The van der Waals surface area contributed by atoms with Crippen molar-refractivity contribution in [1.29, 1.82) is 0 Å². The highest BCUT2D eigenvalue weighted by Gasteiger charge is 2.27. The molecule has 2 aromatic heterocycles. The van der Waals surface area contributed by atoms with Crippen molar-refractivity contribution in [2.75, 3.05) is 69.5 Å². The molecule has 3 amide bonds. The quantitative estimate of drug-likeness (QED) is 0.413. The average Bonchev–Trinajstić information content (AvgIpc) is 3.68. The normalized spacial score (nSPS) is 19.5. The number of hydrogen-bond acceptors (Lipinski definition) is 9. The maximum Gasteiger partial charge on any atom is 0.317 e. The number of amides is 3. The summed E-state index contributed by atoms with van der Waals surface area (Å²) in [4.78, 5) is 40.2. The third-order valence-electron chi connectivity index (χ3n) is 7.40. The van der Waals surface area contributed by atoms with E-state index in [1.54, 1.807) is 27.6 Å². The van der Waals surface area contributed by atoms with Gasteiger partial charge in [0, 0.05) is 58.4 Å². The summed E-state index contributed by atoms with van der Waals surface area (Å²) in [6.07, 6.45) is 5.33. The van der Waals surface area contributed by atoms with Crippen molar-refractivity contribution < 1.29 is 9.59 Å². The van der Waals surface area contributed by atoms with E-state index >= 15 is 0 Å². The molecule has 3 fully saturated rings. The lowest BCUT2D eigenvalue weighted by atomic mass is 10.2. The molecule has 0 atom stereocenters. The second kappa shape index (κ2) is 10.3. The Morgan fingerprint density at radius 1 is 0.972 bits per heavy atom. The van der Waals surface area contributed by atoms with Crippen LogP contribution in [0, 0.1) is 0 Å². The number of nitrogens with one attached hydrogen (secondary N) is 3. The maximum atomic E-state index is 12.8. The van der Waals surface area contributed by atoms with E-state index in [9.17, 15) is 9.59 Å². The van der Waals surface area contributed by atoms with E-state index in [1.165, 1.54) is 25.7 Å². The summed E-state index contributed by atoms with van der Waals surface area (Å²) < 4.78 is 2.17. The van der Waals surface area contributed by atoms with Crippen molar-refractivity contribution in [1.82, 2.24) is 30.0 Å². The summed E-state index contributed by atoms with van der Waals surface area (Å²) in [5.74, 6) is 0.144. The van der Waals surface area contributed by atoms with Crippen LogP contribution in [0.5, 0.6) is 0 Å². The molecule has 0 radical (unpaired) electrons. The zero-order chi connectivity index (χ0) is 24.5. The number of thiazole rings is 2. The maximum absolute atomic E-state index is 12.8. The number of urea groups is 1. The largest absolute Gasteiger partial charge is 0.360 e. The summed E-state index contributed by atoms with van der Waals surface area (Å²) in [5, 5.41) is 11.0. The van der Waals surface area contributed by atoms with Crippen LogP contribution >= 0.6 is 22.7 Å². The van der Waals surface area contributed by atoms with Gasteiger partial charge in [-0.15, -0.1) is 0 Å². The first kappa shape index (κ1) is 23.7.